The average molecular weight is 233 g/mol. The van der Waals surface area contributed by atoms with Crippen LogP contribution in [0, 0.1) is 0 Å². The third-order valence-electron chi connectivity index (χ3n) is 3.33. The maximum atomic E-state index is 6.37. The fraction of sp³-hybridized carbons (Fsp3) is 1.00. The van der Waals surface area contributed by atoms with Crippen LogP contribution in [0.2, 0.25) is 0 Å². The molecule has 1 aliphatic carbocycles. The van der Waals surface area contributed by atoms with E-state index in [4.69, 9.17) is 11.6 Å². The topological polar surface area (TPSA) is 6.48 Å². The predicted molar refractivity (Wildman–Crippen MR) is 67.7 cm³/mol. The molecule has 90 valence electrons. The first-order valence-electron chi connectivity index (χ1n) is 6.10. The summed E-state index contributed by atoms with van der Waals surface area (Å²) in [7, 11) is 6.48. The van der Waals surface area contributed by atoms with E-state index in [9.17, 15) is 0 Å². The fourth-order valence-corrected chi connectivity index (χ4v) is 2.84. The Labute approximate surface area is 99.6 Å². The van der Waals surface area contributed by atoms with Crippen LogP contribution in [0.3, 0.4) is 0 Å². The minimum atomic E-state index is 0.378. The highest BCUT2D eigenvalue weighted by Gasteiger charge is 2.25. The molecule has 1 fully saturated rings. The minimum absolute atomic E-state index is 0.378. The van der Waals surface area contributed by atoms with Gasteiger partial charge in [-0.05, 0) is 53.5 Å². The summed E-state index contributed by atoms with van der Waals surface area (Å²) in [5, 5.41) is 0.378. The molecule has 0 aliphatic heterocycles. The minimum Gasteiger partial charge on any atom is -0.309 e. The molecule has 2 atom stereocenters. The third kappa shape index (κ3) is 4.71. The predicted octanol–water partition coefficient (Wildman–Crippen LogP) is 2.42. The second kappa shape index (κ2) is 6.72. The van der Waals surface area contributed by atoms with E-state index in [1.807, 2.05) is 0 Å². The van der Waals surface area contributed by atoms with E-state index in [2.05, 4.69) is 30.9 Å². The van der Waals surface area contributed by atoms with Gasteiger partial charge < -0.3 is 9.80 Å². The summed E-state index contributed by atoms with van der Waals surface area (Å²) in [5.74, 6) is 0. The standard InChI is InChI=1S/C12H25ClN2/c1-14(2)9-6-10-15(3)12-8-5-4-7-11(12)13/h11-12H,4-10H2,1-3H3. The van der Waals surface area contributed by atoms with Crippen molar-refractivity contribution in [2.24, 2.45) is 0 Å². The Morgan fingerprint density at radius 2 is 1.73 bits per heavy atom. The van der Waals surface area contributed by atoms with Crippen LogP contribution in [-0.4, -0.2) is 55.5 Å². The molecule has 0 aromatic heterocycles. The molecule has 1 aliphatic rings. The van der Waals surface area contributed by atoms with E-state index in [-0.39, 0.29) is 0 Å². The van der Waals surface area contributed by atoms with Crippen molar-refractivity contribution < 1.29 is 0 Å². The lowest BCUT2D eigenvalue weighted by atomic mass is 9.94. The van der Waals surface area contributed by atoms with E-state index in [0.717, 1.165) is 0 Å². The average Bonchev–Trinajstić information content (AvgIpc) is 2.17. The Morgan fingerprint density at radius 1 is 1.07 bits per heavy atom. The molecule has 2 unspecified atom stereocenters. The molecule has 0 heterocycles. The van der Waals surface area contributed by atoms with E-state index >= 15 is 0 Å². The molecule has 15 heavy (non-hydrogen) atoms. The number of alkyl halides is 1. The second-order valence-electron chi connectivity index (χ2n) is 5.01. The fourth-order valence-electron chi connectivity index (χ4n) is 2.36. The van der Waals surface area contributed by atoms with Crippen LogP contribution in [0.25, 0.3) is 0 Å². The van der Waals surface area contributed by atoms with Crippen LogP contribution in [0.4, 0.5) is 0 Å². The highest BCUT2D eigenvalue weighted by Crippen LogP contribution is 2.26. The first-order valence-corrected chi connectivity index (χ1v) is 6.54. The molecule has 0 amide bonds. The van der Waals surface area contributed by atoms with Gasteiger partial charge in [-0.2, -0.15) is 0 Å². The summed E-state index contributed by atoms with van der Waals surface area (Å²) in [5.41, 5.74) is 0. The number of hydrogen-bond acceptors (Lipinski definition) is 2. The van der Waals surface area contributed by atoms with E-state index in [1.54, 1.807) is 0 Å². The molecule has 0 saturated heterocycles. The molecule has 0 radical (unpaired) electrons. The van der Waals surface area contributed by atoms with Gasteiger partial charge in [-0.15, -0.1) is 11.6 Å². The first-order chi connectivity index (χ1) is 7.11. The Balaban J connectivity index is 2.22. The van der Waals surface area contributed by atoms with Crippen molar-refractivity contribution in [3.63, 3.8) is 0 Å². The molecule has 0 bridgehead atoms. The first kappa shape index (κ1) is 13.3. The van der Waals surface area contributed by atoms with Gasteiger partial charge >= 0.3 is 0 Å². The van der Waals surface area contributed by atoms with Gasteiger partial charge in [0.05, 0.1) is 0 Å². The maximum absolute atomic E-state index is 6.37. The molecule has 0 aromatic carbocycles. The Morgan fingerprint density at radius 3 is 2.33 bits per heavy atom. The summed E-state index contributed by atoms with van der Waals surface area (Å²) in [4.78, 5) is 4.70. The molecule has 0 spiro atoms. The summed E-state index contributed by atoms with van der Waals surface area (Å²) in [6.07, 6.45) is 6.39. The number of hydrogen-bond donors (Lipinski definition) is 0. The van der Waals surface area contributed by atoms with Gasteiger partial charge in [0.15, 0.2) is 0 Å². The van der Waals surface area contributed by atoms with Crippen LogP contribution in [0.15, 0.2) is 0 Å². The number of halogens is 1. The van der Waals surface area contributed by atoms with Gasteiger partial charge in [0.1, 0.15) is 0 Å². The van der Waals surface area contributed by atoms with Crippen LogP contribution in [0.5, 0.6) is 0 Å². The van der Waals surface area contributed by atoms with Gasteiger partial charge in [0.25, 0.3) is 0 Å². The van der Waals surface area contributed by atoms with Crippen molar-refractivity contribution in [1.82, 2.24) is 9.80 Å². The zero-order valence-electron chi connectivity index (χ0n) is 10.4. The summed E-state index contributed by atoms with van der Waals surface area (Å²) >= 11 is 6.37. The SMILES string of the molecule is CN(C)CCCN(C)C1CCCCC1Cl. The molecular formula is C12H25ClN2. The maximum Gasteiger partial charge on any atom is 0.0491 e. The van der Waals surface area contributed by atoms with Crippen molar-refractivity contribution in [1.29, 1.82) is 0 Å². The van der Waals surface area contributed by atoms with Crippen LogP contribution in [-0.2, 0) is 0 Å². The molecular weight excluding hydrogens is 208 g/mol. The van der Waals surface area contributed by atoms with Gasteiger partial charge in [0.2, 0.25) is 0 Å². The molecule has 1 rings (SSSR count). The Kier molecular flexibility index (Phi) is 5.95. The van der Waals surface area contributed by atoms with Gasteiger partial charge in [-0.1, -0.05) is 12.8 Å². The zero-order chi connectivity index (χ0) is 11.3. The number of nitrogens with zero attached hydrogens (tertiary/aromatic N) is 2. The zero-order valence-corrected chi connectivity index (χ0v) is 11.1. The van der Waals surface area contributed by atoms with Crippen molar-refractivity contribution in [3.05, 3.63) is 0 Å². The van der Waals surface area contributed by atoms with E-state index < -0.39 is 0 Å². The lowest BCUT2D eigenvalue weighted by Crippen LogP contribution is -2.41. The quantitative estimate of drug-likeness (QED) is 0.672. The highest BCUT2D eigenvalue weighted by molar-refractivity contribution is 6.21. The molecule has 0 N–H and O–H groups in total. The normalized spacial score (nSPS) is 27.6. The molecule has 3 heteroatoms. The van der Waals surface area contributed by atoms with Crippen molar-refractivity contribution >= 4 is 11.6 Å². The second-order valence-corrected chi connectivity index (χ2v) is 5.57. The van der Waals surface area contributed by atoms with Crippen LogP contribution >= 0.6 is 11.6 Å². The molecule has 2 nitrogen and oxygen atoms in total. The van der Waals surface area contributed by atoms with Crippen molar-refractivity contribution in [2.75, 3.05) is 34.2 Å². The molecule has 1 saturated carbocycles. The summed E-state index contributed by atoms with van der Waals surface area (Å²) in [6.45, 7) is 2.34. The third-order valence-corrected chi connectivity index (χ3v) is 3.84. The van der Waals surface area contributed by atoms with Crippen LogP contribution < -0.4 is 0 Å². The summed E-state index contributed by atoms with van der Waals surface area (Å²) < 4.78 is 0. The smallest absolute Gasteiger partial charge is 0.0491 e. The Hall–Kier alpha value is 0.210. The molecule has 0 aromatic rings. The lowest BCUT2D eigenvalue weighted by Gasteiger charge is -2.35. The van der Waals surface area contributed by atoms with Gasteiger partial charge in [0, 0.05) is 11.4 Å². The van der Waals surface area contributed by atoms with Crippen molar-refractivity contribution in [2.45, 2.75) is 43.5 Å². The number of rotatable bonds is 5. The van der Waals surface area contributed by atoms with Crippen LogP contribution in [0.1, 0.15) is 32.1 Å². The van der Waals surface area contributed by atoms with E-state index in [0.29, 0.717) is 11.4 Å². The lowest BCUT2D eigenvalue weighted by molar-refractivity contribution is 0.188. The van der Waals surface area contributed by atoms with Gasteiger partial charge in [-0.25, -0.2) is 0 Å². The Bertz CT molecular complexity index is 173. The largest absolute Gasteiger partial charge is 0.309 e. The highest BCUT2D eigenvalue weighted by atomic mass is 35.5. The van der Waals surface area contributed by atoms with Gasteiger partial charge in [-0.3, -0.25) is 0 Å². The summed E-state index contributed by atoms with van der Waals surface area (Å²) in [6, 6.07) is 0.613. The monoisotopic (exact) mass is 232 g/mol. The van der Waals surface area contributed by atoms with E-state index in [1.165, 1.54) is 45.2 Å². The van der Waals surface area contributed by atoms with Crippen molar-refractivity contribution in [3.8, 4) is 0 Å².